The number of carbonyl (C=O) groups is 1. The van der Waals surface area contributed by atoms with Crippen molar-refractivity contribution in [3.63, 3.8) is 0 Å². The number of amides is 1. The maximum atomic E-state index is 10.8. The number of nitrogens with one attached hydrogen (secondary N) is 2. The van der Waals surface area contributed by atoms with Gasteiger partial charge in [-0.1, -0.05) is 41.9 Å². The molecule has 0 fully saturated rings. The Bertz CT molecular complexity index is 765. The molecule has 1 amide bonds. The summed E-state index contributed by atoms with van der Waals surface area (Å²) in [6.45, 7) is 3.65. The third-order valence-corrected chi connectivity index (χ3v) is 3.82. The van der Waals surface area contributed by atoms with E-state index in [1.807, 2.05) is 49.4 Å². The van der Waals surface area contributed by atoms with E-state index in [-0.39, 0.29) is 6.61 Å². The van der Waals surface area contributed by atoms with Gasteiger partial charge in [0.15, 0.2) is 12.6 Å². The first-order chi connectivity index (χ1) is 12.6. The van der Waals surface area contributed by atoms with Crippen molar-refractivity contribution in [1.29, 1.82) is 0 Å². The fourth-order valence-electron chi connectivity index (χ4n) is 2.22. The highest BCUT2D eigenvalue weighted by Crippen LogP contribution is 2.15. The lowest BCUT2D eigenvalue weighted by atomic mass is 10.2. The van der Waals surface area contributed by atoms with Crippen LogP contribution in [0.4, 0.5) is 0 Å². The Morgan fingerprint density at radius 3 is 2.73 bits per heavy atom. The summed E-state index contributed by atoms with van der Waals surface area (Å²) in [5, 5.41) is 7.18. The van der Waals surface area contributed by atoms with Gasteiger partial charge in [-0.15, -0.1) is 0 Å². The molecule has 0 unspecified atom stereocenters. The first kappa shape index (κ1) is 19.6. The molecule has 0 bridgehead atoms. The topological polar surface area (TPSA) is 88.7 Å². The maximum absolute atomic E-state index is 10.8. The zero-order chi connectivity index (χ0) is 18.8. The third-order valence-electron chi connectivity index (χ3n) is 3.45. The predicted molar refractivity (Wildman–Crippen MR) is 104 cm³/mol. The van der Waals surface area contributed by atoms with Gasteiger partial charge in [0.25, 0.3) is 5.91 Å². The molecule has 26 heavy (non-hydrogen) atoms. The first-order valence-corrected chi connectivity index (χ1v) is 8.72. The van der Waals surface area contributed by atoms with Gasteiger partial charge in [0.1, 0.15) is 5.75 Å². The fourth-order valence-corrected chi connectivity index (χ4v) is 2.42. The summed E-state index contributed by atoms with van der Waals surface area (Å²) < 4.78 is 5.31. The van der Waals surface area contributed by atoms with Crippen LogP contribution in [0, 0.1) is 0 Å². The van der Waals surface area contributed by atoms with Crippen LogP contribution in [0.5, 0.6) is 5.75 Å². The highest BCUT2D eigenvalue weighted by atomic mass is 35.5. The number of nitrogens with zero attached hydrogens (tertiary/aromatic N) is 1. The highest BCUT2D eigenvalue weighted by molar-refractivity contribution is 6.31. The average Bonchev–Trinajstić information content (AvgIpc) is 2.64. The van der Waals surface area contributed by atoms with Gasteiger partial charge in [0.2, 0.25) is 0 Å². The van der Waals surface area contributed by atoms with E-state index < -0.39 is 5.91 Å². The molecule has 0 saturated carbocycles. The van der Waals surface area contributed by atoms with Gasteiger partial charge in [0, 0.05) is 18.1 Å². The number of hydrogen-bond acceptors (Lipinski definition) is 3. The van der Waals surface area contributed by atoms with E-state index in [0.717, 1.165) is 22.7 Å². The van der Waals surface area contributed by atoms with Crippen LogP contribution in [0.1, 0.15) is 18.1 Å². The number of benzene rings is 2. The summed E-state index contributed by atoms with van der Waals surface area (Å²) in [5.74, 6) is 0.771. The summed E-state index contributed by atoms with van der Waals surface area (Å²) in [6, 6.07) is 15.1. The molecule has 0 saturated heterocycles. The summed E-state index contributed by atoms with van der Waals surface area (Å²) in [7, 11) is 0. The van der Waals surface area contributed by atoms with Gasteiger partial charge in [-0.2, -0.15) is 0 Å². The second-order valence-electron chi connectivity index (χ2n) is 5.54. The Morgan fingerprint density at radius 1 is 1.19 bits per heavy atom. The minimum absolute atomic E-state index is 0.144. The lowest BCUT2D eigenvalue weighted by Gasteiger charge is -2.12. The maximum Gasteiger partial charge on any atom is 0.255 e. The van der Waals surface area contributed by atoms with E-state index >= 15 is 0 Å². The molecule has 2 rings (SSSR count). The Kier molecular flexibility index (Phi) is 7.76. The van der Waals surface area contributed by atoms with Crippen LogP contribution in [0.25, 0.3) is 0 Å². The van der Waals surface area contributed by atoms with Crippen LogP contribution in [0.2, 0.25) is 5.02 Å². The molecule has 2 aromatic rings. The van der Waals surface area contributed by atoms with Gasteiger partial charge in [0.05, 0.1) is 6.54 Å². The summed E-state index contributed by atoms with van der Waals surface area (Å²) in [6.07, 6.45) is 0. The molecule has 0 aliphatic carbocycles. The normalized spacial score (nSPS) is 11.1. The number of carbonyl (C=O) groups excluding carboxylic acids is 1. The minimum atomic E-state index is -0.508. The van der Waals surface area contributed by atoms with Crippen LogP contribution < -0.4 is 21.1 Å². The fraction of sp³-hybridized carbons (Fsp3) is 0.263. The standard InChI is InChI=1S/C19H23ClN4O2/c1-2-22-19(24-12-15-7-3-4-9-17(15)20)23-11-14-6-5-8-16(10-14)26-13-18(21)25/h3-10H,2,11-13H2,1H3,(H2,21,25)(H2,22,23,24). The van der Waals surface area contributed by atoms with Crippen molar-refractivity contribution in [3.8, 4) is 5.75 Å². The lowest BCUT2D eigenvalue weighted by molar-refractivity contribution is -0.119. The predicted octanol–water partition coefficient (Wildman–Crippen LogP) is 2.46. The third kappa shape index (κ3) is 6.64. The van der Waals surface area contributed by atoms with Crippen molar-refractivity contribution in [1.82, 2.24) is 10.6 Å². The smallest absolute Gasteiger partial charge is 0.255 e. The van der Waals surface area contributed by atoms with Gasteiger partial charge in [-0.25, -0.2) is 4.99 Å². The van der Waals surface area contributed by atoms with Gasteiger partial charge < -0.3 is 21.1 Å². The van der Waals surface area contributed by atoms with Crippen molar-refractivity contribution < 1.29 is 9.53 Å². The Hall–Kier alpha value is -2.73. The van der Waals surface area contributed by atoms with E-state index in [9.17, 15) is 4.79 Å². The van der Waals surface area contributed by atoms with Crippen molar-refractivity contribution >= 4 is 23.5 Å². The Morgan fingerprint density at radius 2 is 2.00 bits per heavy atom. The second-order valence-corrected chi connectivity index (χ2v) is 5.95. The van der Waals surface area contributed by atoms with E-state index in [2.05, 4.69) is 15.6 Å². The van der Waals surface area contributed by atoms with Crippen molar-refractivity contribution in [3.05, 3.63) is 64.7 Å². The molecule has 0 aliphatic rings. The van der Waals surface area contributed by atoms with Crippen molar-refractivity contribution in [2.24, 2.45) is 10.7 Å². The zero-order valence-corrected chi connectivity index (χ0v) is 15.4. The SMILES string of the molecule is CCNC(=NCc1cccc(OCC(N)=O)c1)NCc1ccccc1Cl. The van der Waals surface area contributed by atoms with Crippen LogP contribution in [0.3, 0.4) is 0 Å². The Labute approximate surface area is 158 Å². The Balaban J connectivity index is 1.98. The largest absolute Gasteiger partial charge is 0.484 e. The molecule has 4 N–H and O–H groups in total. The number of primary amides is 1. The molecule has 0 spiro atoms. The molecule has 0 radical (unpaired) electrons. The van der Waals surface area contributed by atoms with E-state index in [1.54, 1.807) is 6.07 Å². The number of guanidine groups is 1. The lowest BCUT2D eigenvalue weighted by Crippen LogP contribution is -2.36. The molecular weight excluding hydrogens is 352 g/mol. The van der Waals surface area contributed by atoms with Gasteiger partial charge >= 0.3 is 0 Å². The van der Waals surface area contributed by atoms with E-state index in [1.165, 1.54) is 0 Å². The molecule has 2 aromatic carbocycles. The van der Waals surface area contributed by atoms with Crippen LogP contribution in [-0.4, -0.2) is 25.0 Å². The zero-order valence-electron chi connectivity index (χ0n) is 14.7. The van der Waals surface area contributed by atoms with Crippen molar-refractivity contribution in [2.75, 3.05) is 13.2 Å². The molecule has 6 nitrogen and oxygen atoms in total. The minimum Gasteiger partial charge on any atom is -0.484 e. The number of rotatable bonds is 8. The second kappa shape index (κ2) is 10.3. The van der Waals surface area contributed by atoms with E-state index in [0.29, 0.717) is 24.8 Å². The molecular formula is C19H23ClN4O2. The molecule has 138 valence electrons. The van der Waals surface area contributed by atoms with Gasteiger partial charge in [-0.05, 0) is 36.2 Å². The van der Waals surface area contributed by atoms with E-state index in [4.69, 9.17) is 22.1 Å². The average molecular weight is 375 g/mol. The summed E-state index contributed by atoms with van der Waals surface area (Å²) in [4.78, 5) is 15.4. The number of nitrogens with two attached hydrogens (primary N) is 1. The quantitative estimate of drug-likeness (QED) is 0.489. The highest BCUT2D eigenvalue weighted by Gasteiger charge is 2.03. The first-order valence-electron chi connectivity index (χ1n) is 8.34. The number of hydrogen-bond donors (Lipinski definition) is 3. The summed E-state index contributed by atoms with van der Waals surface area (Å²) >= 11 is 6.18. The molecule has 0 aliphatic heterocycles. The van der Waals surface area contributed by atoms with Gasteiger partial charge in [-0.3, -0.25) is 4.79 Å². The number of ether oxygens (including phenoxy) is 1. The van der Waals surface area contributed by atoms with Crippen LogP contribution in [-0.2, 0) is 17.9 Å². The van der Waals surface area contributed by atoms with Crippen LogP contribution >= 0.6 is 11.6 Å². The number of aliphatic imine (C=N–C) groups is 1. The monoisotopic (exact) mass is 374 g/mol. The molecule has 7 heteroatoms. The summed E-state index contributed by atoms with van der Waals surface area (Å²) in [5.41, 5.74) is 7.05. The van der Waals surface area contributed by atoms with Crippen LogP contribution in [0.15, 0.2) is 53.5 Å². The van der Waals surface area contributed by atoms with Crippen molar-refractivity contribution in [2.45, 2.75) is 20.0 Å². The molecule has 0 heterocycles. The number of halogens is 1. The molecule has 0 atom stereocenters. The molecule has 0 aromatic heterocycles.